The quantitative estimate of drug-likeness (QED) is 0.698. The third-order valence-electron chi connectivity index (χ3n) is 5.00. The number of anilines is 1. The molecule has 1 aliphatic rings. The van der Waals surface area contributed by atoms with Crippen LogP contribution in [0.15, 0.2) is 65.5 Å². The lowest BCUT2D eigenvalue weighted by Crippen LogP contribution is -2.34. The molecular formula is C21H21N3O2S. The van der Waals surface area contributed by atoms with Gasteiger partial charge in [0.1, 0.15) is 11.1 Å². The van der Waals surface area contributed by atoms with E-state index in [1.807, 2.05) is 86.2 Å². The Kier molecular flexibility index (Phi) is 4.44. The number of hydrogen-bond acceptors (Lipinski definition) is 3. The maximum atomic E-state index is 13.4. The first-order valence-electron chi connectivity index (χ1n) is 8.88. The zero-order valence-electron chi connectivity index (χ0n) is 15.5. The lowest BCUT2D eigenvalue weighted by molar-refractivity contribution is -0.117. The van der Waals surface area contributed by atoms with E-state index >= 15 is 0 Å². The first-order chi connectivity index (χ1) is 13.0. The van der Waals surface area contributed by atoms with Crippen molar-refractivity contribution in [1.82, 2.24) is 9.36 Å². The molecule has 1 saturated heterocycles. The fourth-order valence-electron chi connectivity index (χ4n) is 3.53. The van der Waals surface area contributed by atoms with Crippen molar-refractivity contribution in [3.8, 4) is 5.69 Å². The minimum atomic E-state index is -0.202. The maximum Gasteiger partial charge on any atom is 0.295 e. The van der Waals surface area contributed by atoms with Gasteiger partial charge in [-0.25, -0.2) is 4.68 Å². The van der Waals surface area contributed by atoms with Gasteiger partial charge in [0.15, 0.2) is 0 Å². The maximum absolute atomic E-state index is 13.4. The molecule has 0 bridgehead atoms. The van der Waals surface area contributed by atoms with Gasteiger partial charge in [-0.1, -0.05) is 48.5 Å². The largest absolute Gasteiger partial charge is 0.295 e. The van der Waals surface area contributed by atoms with Crippen LogP contribution in [-0.2, 0) is 11.8 Å². The van der Waals surface area contributed by atoms with E-state index in [0.29, 0.717) is 5.69 Å². The number of nitrogens with zero attached hydrogens (tertiary/aromatic N) is 3. The third kappa shape index (κ3) is 2.80. The number of aromatic nitrogens is 2. The molecule has 2 heterocycles. The summed E-state index contributed by atoms with van der Waals surface area (Å²) in [7, 11) is 1.85. The van der Waals surface area contributed by atoms with Crippen molar-refractivity contribution in [2.75, 3.05) is 4.90 Å². The number of carbonyl (C=O) groups is 1. The van der Waals surface area contributed by atoms with Crippen LogP contribution in [0.4, 0.5) is 5.69 Å². The van der Waals surface area contributed by atoms with Crippen molar-refractivity contribution in [2.45, 2.75) is 24.5 Å². The van der Waals surface area contributed by atoms with E-state index in [1.165, 1.54) is 0 Å². The summed E-state index contributed by atoms with van der Waals surface area (Å²) >= 11 is 1.58. The van der Waals surface area contributed by atoms with Crippen LogP contribution in [0.5, 0.6) is 0 Å². The Balaban J connectivity index is 1.90. The first kappa shape index (κ1) is 17.7. The number of amides is 1. The highest BCUT2D eigenvalue weighted by Gasteiger charge is 2.42. The van der Waals surface area contributed by atoms with Gasteiger partial charge in [-0.3, -0.25) is 19.2 Å². The van der Waals surface area contributed by atoms with Crippen molar-refractivity contribution in [2.24, 2.45) is 7.05 Å². The Morgan fingerprint density at radius 1 is 0.926 bits per heavy atom. The van der Waals surface area contributed by atoms with Gasteiger partial charge in [-0.2, -0.15) is 0 Å². The number of rotatable bonds is 3. The van der Waals surface area contributed by atoms with Crippen LogP contribution in [0.1, 0.15) is 23.6 Å². The minimum Gasteiger partial charge on any atom is -0.288 e. The normalized spacial score (nSPS) is 19.7. The van der Waals surface area contributed by atoms with Crippen LogP contribution in [-0.4, -0.2) is 20.5 Å². The molecule has 0 radical (unpaired) electrons. The van der Waals surface area contributed by atoms with E-state index in [4.69, 9.17) is 0 Å². The molecule has 27 heavy (non-hydrogen) atoms. The van der Waals surface area contributed by atoms with Gasteiger partial charge in [0.05, 0.1) is 16.6 Å². The highest BCUT2D eigenvalue weighted by Crippen LogP contribution is 2.45. The Labute approximate surface area is 162 Å². The molecule has 138 valence electrons. The van der Waals surface area contributed by atoms with E-state index in [-0.39, 0.29) is 22.1 Å². The number of para-hydroxylation sites is 1. The van der Waals surface area contributed by atoms with Gasteiger partial charge in [0, 0.05) is 7.05 Å². The van der Waals surface area contributed by atoms with Crippen LogP contribution in [0.2, 0.25) is 0 Å². The Hall–Kier alpha value is -2.73. The fraction of sp³-hybridized carbons (Fsp3) is 0.238. The molecule has 1 fully saturated rings. The summed E-state index contributed by atoms with van der Waals surface area (Å²) in [6.45, 7) is 3.79. The van der Waals surface area contributed by atoms with Crippen LogP contribution in [0.25, 0.3) is 5.69 Å². The SMILES string of the molecule is Cc1c(N2C(=O)[C@@H](C)S[C@@H]2c2ccccc2)c(=O)n(-c2ccccc2)n1C. The summed E-state index contributed by atoms with van der Waals surface area (Å²) in [4.78, 5) is 28.0. The molecule has 1 aromatic heterocycles. The second kappa shape index (κ2) is 6.78. The van der Waals surface area contributed by atoms with Gasteiger partial charge in [-0.05, 0) is 31.5 Å². The average molecular weight is 379 g/mol. The van der Waals surface area contributed by atoms with Crippen molar-refractivity contribution in [1.29, 1.82) is 0 Å². The number of hydrogen-bond donors (Lipinski definition) is 0. The number of carbonyl (C=O) groups excluding carboxylic acids is 1. The molecule has 6 heteroatoms. The van der Waals surface area contributed by atoms with Crippen molar-refractivity contribution >= 4 is 23.4 Å². The Morgan fingerprint density at radius 3 is 2.15 bits per heavy atom. The molecule has 0 spiro atoms. The summed E-state index contributed by atoms with van der Waals surface area (Å²) in [6.07, 6.45) is 0. The molecular weight excluding hydrogens is 358 g/mol. The van der Waals surface area contributed by atoms with Gasteiger partial charge >= 0.3 is 0 Å². The van der Waals surface area contributed by atoms with E-state index in [9.17, 15) is 9.59 Å². The monoisotopic (exact) mass is 379 g/mol. The minimum absolute atomic E-state index is 0.0279. The lowest BCUT2D eigenvalue weighted by atomic mass is 10.2. The fourth-order valence-corrected chi connectivity index (χ4v) is 4.79. The van der Waals surface area contributed by atoms with Gasteiger partial charge in [0.2, 0.25) is 5.91 Å². The third-order valence-corrected chi connectivity index (χ3v) is 6.35. The highest BCUT2D eigenvalue weighted by molar-refractivity contribution is 8.01. The first-order valence-corrected chi connectivity index (χ1v) is 9.82. The van der Waals surface area contributed by atoms with E-state index in [2.05, 4.69) is 0 Å². The molecule has 0 aliphatic carbocycles. The van der Waals surface area contributed by atoms with E-state index in [0.717, 1.165) is 16.9 Å². The molecule has 2 atom stereocenters. The molecule has 0 N–H and O–H groups in total. The predicted octanol–water partition coefficient (Wildman–Crippen LogP) is 3.65. The molecule has 5 nitrogen and oxygen atoms in total. The summed E-state index contributed by atoms with van der Waals surface area (Å²) in [5.41, 5.74) is 2.85. The summed E-state index contributed by atoms with van der Waals surface area (Å²) in [5.74, 6) is -0.0279. The topological polar surface area (TPSA) is 47.2 Å². The van der Waals surface area contributed by atoms with Crippen LogP contribution in [0.3, 0.4) is 0 Å². The molecule has 1 amide bonds. The van der Waals surface area contributed by atoms with Gasteiger partial charge < -0.3 is 0 Å². The molecule has 4 rings (SSSR count). The van der Waals surface area contributed by atoms with Crippen LogP contribution in [0, 0.1) is 6.92 Å². The summed E-state index contributed by atoms with van der Waals surface area (Å²) in [5, 5.41) is -0.397. The summed E-state index contributed by atoms with van der Waals surface area (Å²) in [6, 6.07) is 19.4. The molecule has 3 aromatic rings. The second-order valence-corrected chi connectivity index (χ2v) is 8.09. The van der Waals surface area contributed by atoms with Gasteiger partial charge in [-0.15, -0.1) is 11.8 Å². The van der Waals surface area contributed by atoms with Crippen molar-refractivity contribution in [3.05, 3.63) is 82.3 Å². The van der Waals surface area contributed by atoms with Crippen molar-refractivity contribution < 1.29 is 4.79 Å². The van der Waals surface area contributed by atoms with Gasteiger partial charge in [0.25, 0.3) is 5.56 Å². The highest BCUT2D eigenvalue weighted by atomic mass is 32.2. The zero-order valence-corrected chi connectivity index (χ0v) is 16.3. The molecule has 0 unspecified atom stereocenters. The standard InChI is InChI=1S/C21H21N3O2S/c1-14-18(20(26)24(22(14)3)17-12-8-5-9-13-17)23-19(25)15(2)27-21(23)16-10-6-4-7-11-16/h4-13,15,21H,1-3H3/t15-,21-/m1/s1. The second-order valence-electron chi connectivity index (χ2n) is 6.66. The number of thioether (sulfide) groups is 1. The Bertz CT molecular complexity index is 1040. The summed E-state index contributed by atoms with van der Waals surface area (Å²) < 4.78 is 3.43. The molecule has 1 aliphatic heterocycles. The van der Waals surface area contributed by atoms with E-state index in [1.54, 1.807) is 21.3 Å². The molecule has 2 aromatic carbocycles. The van der Waals surface area contributed by atoms with E-state index < -0.39 is 0 Å². The molecule has 0 saturated carbocycles. The van der Waals surface area contributed by atoms with Crippen molar-refractivity contribution in [3.63, 3.8) is 0 Å². The predicted molar refractivity (Wildman–Crippen MR) is 109 cm³/mol. The van der Waals surface area contributed by atoms with Crippen LogP contribution < -0.4 is 10.5 Å². The lowest BCUT2D eigenvalue weighted by Gasteiger charge is -2.23. The average Bonchev–Trinajstić information content (AvgIpc) is 3.10. The Morgan fingerprint density at radius 2 is 1.52 bits per heavy atom. The zero-order chi connectivity index (χ0) is 19.1. The van der Waals surface area contributed by atoms with Crippen LogP contribution >= 0.6 is 11.8 Å². The number of benzene rings is 2. The smallest absolute Gasteiger partial charge is 0.288 e.